The number of aromatic nitrogens is 2. The van der Waals surface area contributed by atoms with Crippen molar-refractivity contribution in [3.8, 4) is 11.3 Å². The smallest absolute Gasteiger partial charge is 0.225 e. The second-order valence-corrected chi connectivity index (χ2v) is 6.64. The van der Waals surface area contributed by atoms with Gasteiger partial charge in [-0.2, -0.15) is 0 Å². The van der Waals surface area contributed by atoms with Crippen LogP contribution in [0.4, 0.5) is 5.82 Å². The Labute approximate surface area is 153 Å². The van der Waals surface area contributed by atoms with Crippen molar-refractivity contribution in [1.29, 1.82) is 0 Å². The molecule has 26 heavy (non-hydrogen) atoms. The average molecular weight is 343 g/mol. The summed E-state index contributed by atoms with van der Waals surface area (Å²) in [6.07, 6.45) is 2.97. The van der Waals surface area contributed by atoms with Gasteiger partial charge in [0.15, 0.2) is 5.82 Å². The Kier molecular flexibility index (Phi) is 4.48. The third kappa shape index (κ3) is 3.36. The fourth-order valence-electron chi connectivity index (χ4n) is 3.38. The van der Waals surface area contributed by atoms with E-state index in [-0.39, 0.29) is 5.91 Å². The molecule has 1 N–H and O–H groups in total. The number of nitrogens with one attached hydrogen (secondary N) is 1. The minimum absolute atomic E-state index is 0.0255. The Balaban J connectivity index is 1.51. The van der Waals surface area contributed by atoms with Gasteiger partial charge in [0.1, 0.15) is 0 Å². The van der Waals surface area contributed by atoms with Crippen molar-refractivity contribution in [2.75, 3.05) is 5.32 Å². The van der Waals surface area contributed by atoms with Crippen LogP contribution in [-0.2, 0) is 24.1 Å². The molecule has 4 heteroatoms. The number of nitrogens with zero attached hydrogens (tertiary/aromatic N) is 2. The highest BCUT2D eigenvalue weighted by molar-refractivity contribution is 5.90. The van der Waals surface area contributed by atoms with E-state index >= 15 is 0 Å². The lowest BCUT2D eigenvalue weighted by atomic mass is 9.92. The molecule has 0 unspecified atom stereocenters. The number of anilines is 1. The number of aryl methyl sites for hydroxylation is 4. The lowest BCUT2D eigenvalue weighted by molar-refractivity contribution is -0.116. The van der Waals surface area contributed by atoms with Gasteiger partial charge in [0.2, 0.25) is 5.91 Å². The maximum atomic E-state index is 12.3. The Morgan fingerprint density at radius 3 is 2.62 bits per heavy atom. The zero-order chi connectivity index (χ0) is 17.9. The Morgan fingerprint density at radius 2 is 1.77 bits per heavy atom. The largest absolute Gasteiger partial charge is 0.309 e. The number of fused-ring (bicyclic) bond motifs is 3. The number of amides is 1. The van der Waals surface area contributed by atoms with Crippen molar-refractivity contribution in [3.05, 3.63) is 77.1 Å². The fourth-order valence-corrected chi connectivity index (χ4v) is 3.38. The summed E-state index contributed by atoms with van der Waals surface area (Å²) in [6, 6.07) is 18.4. The summed E-state index contributed by atoms with van der Waals surface area (Å²) in [5, 5.41) is 2.94. The summed E-state index contributed by atoms with van der Waals surface area (Å²) in [5.74, 6) is 0.559. The maximum Gasteiger partial charge on any atom is 0.225 e. The first-order chi connectivity index (χ1) is 12.7. The first-order valence-electron chi connectivity index (χ1n) is 9.00. The molecule has 1 aliphatic carbocycles. The van der Waals surface area contributed by atoms with Gasteiger partial charge in [-0.1, -0.05) is 54.6 Å². The number of hydrogen-bond donors (Lipinski definition) is 1. The number of hydrogen-bond acceptors (Lipinski definition) is 3. The van der Waals surface area contributed by atoms with Crippen molar-refractivity contribution < 1.29 is 4.79 Å². The van der Waals surface area contributed by atoms with Crippen molar-refractivity contribution in [3.63, 3.8) is 0 Å². The standard InChI is InChI=1S/C22H21N3O/c1-15-22(25-20(26)14-11-16-7-3-2-4-8-16)24-19-13-12-17-9-5-6-10-18(17)21(19)23-15/h2-10H,11-14H2,1H3,(H,24,25,26). The molecular formula is C22H21N3O. The van der Waals surface area contributed by atoms with Crippen molar-refractivity contribution in [2.45, 2.75) is 32.6 Å². The molecule has 1 amide bonds. The quantitative estimate of drug-likeness (QED) is 0.775. The van der Waals surface area contributed by atoms with E-state index in [1.807, 2.05) is 43.3 Å². The first-order valence-corrected chi connectivity index (χ1v) is 9.00. The van der Waals surface area contributed by atoms with E-state index in [1.165, 1.54) is 5.56 Å². The zero-order valence-corrected chi connectivity index (χ0v) is 14.8. The van der Waals surface area contributed by atoms with E-state index in [4.69, 9.17) is 9.97 Å². The van der Waals surface area contributed by atoms with Gasteiger partial charge in [0.25, 0.3) is 0 Å². The molecule has 1 aliphatic rings. The Morgan fingerprint density at radius 1 is 1.00 bits per heavy atom. The van der Waals surface area contributed by atoms with Crippen LogP contribution in [-0.4, -0.2) is 15.9 Å². The van der Waals surface area contributed by atoms with E-state index in [2.05, 4.69) is 23.5 Å². The average Bonchev–Trinajstić information content (AvgIpc) is 2.68. The van der Waals surface area contributed by atoms with Crippen LogP contribution in [0.3, 0.4) is 0 Å². The topological polar surface area (TPSA) is 54.9 Å². The van der Waals surface area contributed by atoms with Crippen LogP contribution in [0.5, 0.6) is 0 Å². The molecule has 1 heterocycles. The minimum Gasteiger partial charge on any atom is -0.309 e. The van der Waals surface area contributed by atoms with E-state index in [9.17, 15) is 4.79 Å². The predicted molar refractivity (Wildman–Crippen MR) is 103 cm³/mol. The monoisotopic (exact) mass is 343 g/mol. The van der Waals surface area contributed by atoms with Gasteiger partial charge in [-0.15, -0.1) is 0 Å². The predicted octanol–water partition coefficient (Wildman–Crippen LogP) is 4.12. The van der Waals surface area contributed by atoms with Crippen LogP contribution in [0.15, 0.2) is 54.6 Å². The molecule has 2 aromatic carbocycles. The molecule has 0 saturated heterocycles. The molecule has 0 atom stereocenters. The molecule has 0 spiro atoms. The molecule has 4 rings (SSSR count). The lowest BCUT2D eigenvalue weighted by Crippen LogP contribution is -2.17. The highest BCUT2D eigenvalue weighted by Crippen LogP contribution is 2.32. The molecule has 3 aromatic rings. The molecule has 0 fully saturated rings. The number of carbonyl (C=O) groups is 1. The van der Waals surface area contributed by atoms with Gasteiger partial charge in [-0.05, 0) is 37.3 Å². The molecule has 130 valence electrons. The van der Waals surface area contributed by atoms with Gasteiger partial charge in [-0.25, -0.2) is 9.97 Å². The maximum absolute atomic E-state index is 12.3. The van der Waals surface area contributed by atoms with Crippen LogP contribution < -0.4 is 5.32 Å². The Hall–Kier alpha value is -3.01. The van der Waals surface area contributed by atoms with Crippen LogP contribution in [0.2, 0.25) is 0 Å². The van der Waals surface area contributed by atoms with Crippen LogP contribution in [0, 0.1) is 6.92 Å². The van der Waals surface area contributed by atoms with Crippen molar-refractivity contribution in [1.82, 2.24) is 9.97 Å². The molecule has 0 aliphatic heterocycles. The molecular weight excluding hydrogens is 322 g/mol. The second-order valence-electron chi connectivity index (χ2n) is 6.64. The summed E-state index contributed by atoms with van der Waals surface area (Å²) < 4.78 is 0. The van der Waals surface area contributed by atoms with Crippen LogP contribution in [0.1, 0.15) is 28.9 Å². The summed E-state index contributed by atoms with van der Waals surface area (Å²) >= 11 is 0. The van der Waals surface area contributed by atoms with Crippen LogP contribution in [0.25, 0.3) is 11.3 Å². The highest BCUT2D eigenvalue weighted by Gasteiger charge is 2.20. The van der Waals surface area contributed by atoms with E-state index < -0.39 is 0 Å². The minimum atomic E-state index is -0.0255. The van der Waals surface area contributed by atoms with E-state index in [1.54, 1.807) is 0 Å². The zero-order valence-electron chi connectivity index (χ0n) is 14.8. The van der Waals surface area contributed by atoms with Gasteiger partial charge >= 0.3 is 0 Å². The molecule has 0 saturated carbocycles. The Bertz CT molecular complexity index is 951. The number of carbonyl (C=O) groups excluding carboxylic acids is 1. The van der Waals surface area contributed by atoms with Crippen molar-refractivity contribution >= 4 is 11.7 Å². The normalized spacial score (nSPS) is 12.2. The first kappa shape index (κ1) is 16.5. The third-order valence-corrected chi connectivity index (χ3v) is 4.79. The van der Waals surface area contributed by atoms with Gasteiger partial charge in [-0.3, -0.25) is 4.79 Å². The van der Waals surface area contributed by atoms with E-state index in [0.717, 1.165) is 47.5 Å². The molecule has 4 nitrogen and oxygen atoms in total. The van der Waals surface area contributed by atoms with Crippen molar-refractivity contribution in [2.24, 2.45) is 0 Å². The summed E-state index contributed by atoms with van der Waals surface area (Å²) in [6.45, 7) is 1.90. The van der Waals surface area contributed by atoms with Gasteiger partial charge in [0.05, 0.1) is 17.1 Å². The second kappa shape index (κ2) is 7.08. The highest BCUT2D eigenvalue weighted by atomic mass is 16.1. The summed E-state index contributed by atoms with van der Waals surface area (Å²) in [4.78, 5) is 21.8. The number of benzene rings is 2. The third-order valence-electron chi connectivity index (χ3n) is 4.79. The molecule has 1 aromatic heterocycles. The molecule has 0 radical (unpaired) electrons. The van der Waals surface area contributed by atoms with Crippen LogP contribution >= 0.6 is 0 Å². The summed E-state index contributed by atoms with van der Waals surface area (Å²) in [7, 11) is 0. The summed E-state index contributed by atoms with van der Waals surface area (Å²) in [5.41, 5.74) is 6.31. The lowest BCUT2D eigenvalue weighted by Gasteiger charge is -2.20. The SMILES string of the molecule is Cc1nc2c(nc1NC(=O)CCc1ccccc1)CCc1ccccc1-2. The molecule has 0 bridgehead atoms. The fraction of sp³-hybridized carbons (Fsp3) is 0.227. The van der Waals surface area contributed by atoms with E-state index in [0.29, 0.717) is 12.2 Å². The van der Waals surface area contributed by atoms with Gasteiger partial charge in [0, 0.05) is 12.0 Å². The number of rotatable bonds is 4. The van der Waals surface area contributed by atoms with Gasteiger partial charge < -0.3 is 5.32 Å².